The molecule has 1 aliphatic heterocycles. The fraction of sp³-hybridized carbons (Fsp3) is 0.333. The van der Waals surface area contributed by atoms with Crippen LogP contribution >= 0.6 is 11.8 Å². The number of carbonyl (C=O) groups excluding carboxylic acids is 1. The van der Waals surface area contributed by atoms with Gasteiger partial charge in [0.25, 0.3) is 6.17 Å². The topological polar surface area (TPSA) is 97.6 Å². The lowest BCUT2D eigenvalue weighted by Gasteiger charge is -2.31. The number of hydrogen-bond donors (Lipinski definition) is 1. The third-order valence-electron chi connectivity index (χ3n) is 5.53. The van der Waals surface area contributed by atoms with Gasteiger partial charge in [0.1, 0.15) is 0 Å². The van der Waals surface area contributed by atoms with Crippen molar-refractivity contribution in [3.8, 4) is 28.5 Å². The minimum Gasteiger partial charge on any atom is -0.493 e. The predicted octanol–water partition coefficient (Wildman–Crippen LogP) is 3.17. The zero-order valence-corrected chi connectivity index (χ0v) is 20.6. The van der Waals surface area contributed by atoms with Crippen molar-refractivity contribution in [2.75, 3.05) is 32.0 Å². The Bertz CT molecular complexity index is 1270. The molecule has 3 aromatic rings. The molecular weight excluding hydrogens is 456 g/mol. The number of hydrogen-bond acceptors (Lipinski definition) is 7. The number of fused-ring (bicyclic) bond motifs is 3. The summed E-state index contributed by atoms with van der Waals surface area (Å²) < 4.78 is 18.2. The third kappa shape index (κ3) is 3.98. The number of nitrogens with zero attached hydrogens (tertiary/aromatic N) is 3. The average molecular weight is 484 g/mol. The molecule has 0 saturated heterocycles. The lowest BCUT2D eigenvalue weighted by molar-refractivity contribution is -0.763. The molecule has 1 aromatic heterocycles. The van der Waals surface area contributed by atoms with Gasteiger partial charge in [-0.05, 0) is 35.4 Å². The van der Waals surface area contributed by atoms with Crippen LogP contribution in [0.1, 0.15) is 32.0 Å². The van der Waals surface area contributed by atoms with Crippen molar-refractivity contribution in [1.29, 1.82) is 0 Å². The normalized spacial score (nSPS) is 14.3. The van der Waals surface area contributed by atoms with Crippen LogP contribution in [-0.2, 0) is 4.79 Å². The van der Waals surface area contributed by atoms with Gasteiger partial charge in [0.2, 0.25) is 16.8 Å². The third-order valence-corrected chi connectivity index (χ3v) is 6.60. The molecule has 1 atom stereocenters. The van der Waals surface area contributed by atoms with E-state index >= 15 is 0 Å². The Balaban J connectivity index is 2.05. The van der Waals surface area contributed by atoms with Crippen molar-refractivity contribution in [2.45, 2.75) is 31.6 Å². The van der Waals surface area contributed by atoms with Gasteiger partial charge in [-0.2, -0.15) is 0 Å². The number of anilines is 1. The summed E-state index contributed by atoms with van der Waals surface area (Å²) in [7, 11) is 4.59. The fourth-order valence-corrected chi connectivity index (χ4v) is 4.84. The lowest BCUT2D eigenvalue weighted by atomic mass is 10.0. The Labute approximate surface area is 201 Å². The first-order valence-corrected chi connectivity index (χ1v) is 11.8. The SMILES string of the molecule is CCCSc1n[n+]2c(c(=O)[nH]1)-c1ccccc1N(C(C)=O)[C@@H]2c1cc(OC)c(OC)c(OC)c1. The Kier molecular flexibility index (Phi) is 6.78. The molecule has 0 spiro atoms. The highest BCUT2D eigenvalue weighted by molar-refractivity contribution is 7.99. The monoisotopic (exact) mass is 483 g/mol. The first-order chi connectivity index (χ1) is 16.4. The maximum atomic E-state index is 13.3. The van der Waals surface area contributed by atoms with Gasteiger partial charge in [0, 0.05) is 17.8 Å². The predicted molar refractivity (Wildman–Crippen MR) is 129 cm³/mol. The number of amides is 1. The van der Waals surface area contributed by atoms with Crippen molar-refractivity contribution in [3.05, 3.63) is 52.3 Å². The Morgan fingerprint density at radius 3 is 2.41 bits per heavy atom. The fourth-order valence-electron chi connectivity index (χ4n) is 4.13. The number of nitrogens with one attached hydrogen (secondary N) is 1. The summed E-state index contributed by atoms with van der Waals surface area (Å²) in [6.45, 7) is 3.55. The molecule has 0 aliphatic carbocycles. The van der Waals surface area contributed by atoms with Gasteiger partial charge in [-0.3, -0.25) is 14.6 Å². The van der Waals surface area contributed by atoms with E-state index in [0.29, 0.717) is 44.9 Å². The lowest BCUT2D eigenvalue weighted by Crippen LogP contribution is -2.60. The van der Waals surface area contributed by atoms with Crippen molar-refractivity contribution >= 4 is 23.4 Å². The summed E-state index contributed by atoms with van der Waals surface area (Å²) >= 11 is 1.46. The van der Waals surface area contributed by atoms with E-state index in [2.05, 4.69) is 11.9 Å². The van der Waals surface area contributed by atoms with Crippen LogP contribution in [0.2, 0.25) is 0 Å². The standard InChI is InChI=1S/C24H26N4O5S/c1-6-11-34-24-25-22(30)20-16-9-7-8-10-17(16)27(14(2)29)23(28(20)26-24)15-12-18(31-3)21(33-5)19(13-15)32-4/h7-10,12-13,23H,6,11H2,1-5H3/p+1/t23-/m0/s1. The van der Waals surface area contributed by atoms with Gasteiger partial charge in [0.15, 0.2) is 11.5 Å². The van der Waals surface area contributed by atoms with E-state index in [1.54, 1.807) is 21.7 Å². The summed E-state index contributed by atoms with van der Waals surface area (Å²) in [5, 5.41) is 5.25. The zero-order chi connectivity index (χ0) is 24.4. The van der Waals surface area contributed by atoms with Crippen molar-refractivity contribution < 1.29 is 23.7 Å². The molecule has 0 unspecified atom stereocenters. The molecule has 9 nitrogen and oxygen atoms in total. The van der Waals surface area contributed by atoms with Crippen molar-refractivity contribution in [1.82, 2.24) is 10.1 Å². The van der Waals surface area contributed by atoms with E-state index in [4.69, 9.17) is 19.3 Å². The number of para-hydroxylation sites is 1. The molecule has 4 rings (SSSR count). The Morgan fingerprint density at radius 2 is 1.82 bits per heavy atom. The van der Waals surface area contributed by atoms with Gasteiger partial charge >= 0.3 is 11.3 Å². The van der Waals surface area contributed by atoms with E-state index < -0.39 is 6.17 Å². The molecule has 10 heteroatoms. The number of rotatable bonds is 7. The minimum absolute atomic E-state index is 0.200. The molecule has 1 N–H and O–H groups in total. The van der Waals surface area contributed by atoms with Crippen LogP contribution < -0.4 is 29.4 Å². The Morgan fingerprint density at radius 1 is 1.15 bits per heavy atom. The van der Waals surface area contributed by atoms with Crippen molar-refractivity contribution in [2.24, 2.45) is 0 Å². The molecule has 2 heterocycles. The number of thioether (sulfide) groups is 1. The highest BCUT2D eigenvalue weighted by Gasteiger charge is 2.45. The van der Waals surface area contributed by atoms with Crippen molar-refractivity contribution in [3.63, 3.8) is 0 Å². The number of H-pyrrole nitrogens is 1. The average Bonchev–Trinajstić information content (AvgIpc) is 2.85. The van der Waals surface area contributed by atoms with Crippen LogP contribution in [0.3, 0.4) is 0 Å². The highest BCUT2D eigenvalue weighted by atomic mass is 32.2. The molecule has 1 amide bonds. The van der Waals surface area contributed by atoms with Gasteiger partial charge in [0.05, 0.1) is 38.1 Å². The van der Waals surface area contributed by atoms with Crippen LogP contribution in [-0.4, -0.2) is 43.1 Å². The van der Waals surface area contributed by atoms with Gasteiger partial charge in [-0.15, -0.1) is 0 Å². The van der Waals surface area contributed by atoms with E-state index in [1.807, 2.05) is 24.3 Å². The smallest absolute Gasteiger partial charge is 0.325 e. The van der Waals surface area contributed by atoms with Crippen LogP contribution in [0.15, 0.2) is 46.3 Å². The quantitative estimate of drug-likeness (QED) is 0.407. The number of aromatic amines is 1. The summed E-state index contributed by atoms with van der Waals surface area (Å²) in [6.07, 6.45) is 0.175. The van der Waals surface area contributed by atoms with Gasteiger partial charge < -0.3 is 14.2 Å². The second kappa shape index (κ2) is 9.76. The Hall–Kier alpha value is -3.53. The van der Waals surface area contributed by atoms with Gasteiger partial charge in [-0.25, -0.2) is 4.90 Å². The molecule has 0 radical (unpaired) electrons. The summed E-state index contributed by atoms with van der Waals surface area (Å²) in [6, 6.07) is 10.9. The number of carbonyl (C=O) groups is 1. The summed E-state index contributed by atoms with van der Waals surface area (Å²) in [4.78, 5) is 30.9. The first kappa shape index (κ1) is 23.6. The number of benzene rings is 2. The molecular formula is C24H27N4O5S+. The van der Waals surface area contributed by atoms with Crippen LogP contribution in [0.4, 0.5) is 5.69 Å². The summed E-state index contributed by atoms with van der Waals surface area (Å²) in [5.74, 6) is 1.90. The molecule has 0 fully saturated rings. The largest absolute Gasteiger partial charge is 0.493 e. The van der Waals surface area contributed by atoms with E-state index in [0.717, 1.165) is 12.2 Å². The molecule has 1 aliphatic rings. The van der Waals surface area contributed by atoms with Crippen LogP contribution in [0.5, 0.6) is 17.2 Å². The van der Waals surface area contributed by atoms with E-state index in [-0.39, 0.29) is 11.5 Å². The van der Waals surface area contributed by atoms with E-state index in [9.17, 15) is 9.59 Å². The molecule has 0 bridgehead atoms. The summed E-state index contributed by atoms with van der Waals surface area (Å²) in [5.41, 5.74) is 1.99. The maximum absolute atomic E-state index is 13.3. The van der Waals surface area contributed by atoms with Crippen LogP contribution in [0.25, 0.3) is 11.3 Å². The number of methoxy groups -OCH3 is 3. The maximum Gasteiger partial charge on any atom is 0.325 e. The minimum atomic E-state index is -0.751. The van der Waals surface area contributed by atoms with Gasteiger partial charge in [-0.1, -0.05) is 30.8 Å². The van der Waals surface area contributed by atoms with E-state index in [1.165, 1.54) is 40.0 Å². The second-order valence-electron chi connectivity index (χ2n) is 7.64. The second-order valence-corrected chi connectivity index (χ2v) is 8.72. The molecule has 2 aromatic carbocycles. The molecule has 178 valence electrons. The first-order valence-electron chi connectivity index (χ1n) is 10.8. The van der Waals surface area contributed by atoms with Crippen LogP contribution in [0, 0.1) is 0 Å². The number of aromatic nitrogens is 3. The highest BCUT2D eigenvalue weighted by Crippen LogP contribution is 2.43. The number of ether oxygens (including phenoxy) is 3. The molecule has 34 heavy (non-hydrogen) atoms. The molecule has 0 saturated carbocycles. The zero-order valence-electron chi connectivity index (χ0n) is 19.7.